The third kappa shape index (κ3) is 3.85. The van der Waals surface area contributed by atoms with Crippen molar-refractivity contribution in [2.45, 2.75) is 12.1 Å². The number of aromatic nitrogens is 2. The number of halogens is 4. The van der Waals surface area contributed by atoms with Crippen molar-refractivity contribution in [2.24, 2.45) is 0 Å². The smallest absolute Gasteiger partial charge is 0.291 e. The lowest BCUT2D eigenvalue weighted by atomic mass is 10.00. The summed E-state index contributed by atoms with van der Waals surface area (Å²) in [6, 6.07) is 9.39. The molecule has 0 fully saturated rings. The number of pyridine rings is 1. The molecule has 0 radical (unpaired) electrons. The molecule has 2 heterocycles. The van der Waals surface area contributed by atoms with Gasteiger partial charge in [-0.25, -0.2) is 9.37 Å². The Morgan fingerprint density at radius 2 is 1.85 bits per heavy atom. The quantitative estimate of drug-likeness (QED) is 0.471. The third-order valence-electron chi connectivity index (χ3n) is 3.65. The summed E-state index contributed by atoms with van der Waals surface area (Å²) in [6.07, 6.45) is -2.78. The van der Waals surface area contributed by atoms with E-state index in [0.717, 1.165) is 23.5 Å². The zero-order valence-electron chi connectivity index (χ0n) is 13.4. The van der Waals surface area contributed by atoms with Crippen molar-refractivity contribution in [1.29, 1.82) is 5.26 Å². The Kier molecular flexibility index (Phi) is 5.01. The number of nitriles is 1. The summed E-state index contributed by atoms with van der Waals surface area (Å²) in [4.78, 5) is 20.3. The number of carbonyl (C=O) groups excluding carboxylic acids is 1. The van der Waals surface area contributed by atoms with E-state index in [-0.39, 0.29) is 21.1 Å². The number of carbonyl (C=O) groups is 1. The number of benzene rings is 1. The van der Waals surface area contributed by atoms with Gasteiger partial charge in [0.1, 0.15) is 10.8 Å². The van der Waals surface area contributed by atoms with E-state index in [9.17, 15) is 27.6 Å². The number of Topliss-reactive ketones (excluding diaryl/α,β-unsaturated/α-hetero) is 1. The summed E-state index contributed by atoms with van der Waals surface area (Å²) in [5.74, 6) is -2.56. The van der Waals surface area contributed by atoms with E-state index in [1.807, 2.05) is 0 Å². The van der Waals surface area contributed by atoms with Crippen molar-refractivity contribution in [2.75, 3.05) is 0 Å². The summed E-state index contributed by atoms with van der Waals surface area (Å²) in [5.41, 5.74) is -0.867. The average molecular weight is 391 g/mol. The molecule has 0 bridgehead atoms. The van der Waals surface area contributed by atoms with Gasteiger partial charge in [0.2, 0.25) is 0 Å². The van der Waals surface area contributed by atoms with Crippen LogP contribution in [0.15, 0.2) is 48.8 Å². The zero-order chi connectivity index (χ0) is 19.6. The van der Waals surface area contributed by atoms with Crippen LogP contribution < -0.4 is 0 Å². The highest BCUT2D eigenvalue weighted by Crippen LogP contribution is 2.32. The largest absolute Gasteiger partial charge is 0.417 e. The molecule has 0 saturated heterocycles. The minimum absolute atomic E-state index is 0.0847. The fourth-order valence-electron chi connectivity index (χ4n) is 2.29. The molecule has 0 N–H and O–H groups in total. The molecule has 3 rings (SSSR count). The molecular weight excluding hydrogens is 382 g/mol. The van der Waals surface area contributed by atoms with Gasteiger partial charge in [-0.15, -0.1) is 11.3 Å². The second-order valence-electron chi connectivity index (χ2n) is 5.41. The van der Waals surface area contributed by atoms with Crippen molar-refractivity contribution in [3.63, 3.8) is 0 Å². The van der Waals surface area contributed by atoms with Gasteiger partial charge >= 0.3 is 6.18 Å². The van der Waals surface area contributed by atoms with Crippen LogP contribution in [0.2, 0.25) is 0 Å². The Balaban J connectivity index is 1.88. The zero-order valence-corrected chi connectivity index (χ0v) is 14.2. The molecule has 0 spiro atoms. The first kappa shape index (κ1) is 18.7. The monoisotopic (exact) mass is 391 g/mol. The molecule has 1 unspecified atom stereocenters. The predicted molar refractivity (Wildman–Crippen MR) is 89.4 cm³/mol. The first-order valence-electron chi connectivity index (χ1n) is 7.49. The fraction of sp³-hybridized carbons (Fsp3) is 0.111. The molecule has 0 aliphatic rings. The highest BCUT2D eigenvalue weighted by Gasteiger charge is 2.32. The number of rotatable bonds is 4. The third-order valence-corrected chi connectivity index (χ3v) is 4.70. The van der Waals surface area contributed by atoms with Gasteiger partial charge in [-0.1, -0.05) is 12.1 Å². The number of ketones is 1. The summed E-state index contributed by atoms with van der Waals surface area (Å²) in [7, 11) is 0. The summed E-state index contributed by atoms with van der Waals surface area (Å²) in [5, 5.41) is 9.56. The molecule has 0 amide bonds. The molecule has 1 aromatic carbocycles. The van der Waals surface area contributed by atoms with Crippen molar-refractivity contribution < 1.29 is 22.4 Å². The Hall–Kier alpha value is -3.12. The number of alkyl halides is 3. The fourth-order valence-corrected chi connectivity index (χ4v) is 3.21. The summed E-state index contributed by atoms with van der Waals surface area (Å²) >= 11 is 0.894. The van der Waals surface area contributed by atoms with Crippen LogP contribution in [-0.4, -0.2) is 15.8 Å². The van der Waals surface area contributed by atoms with Crippen LogP contribution >= 0.6 is 11.3 Å². The molecule has 2 aromatic heterocycles. The van der Waals surface area contributed by atoms with Gasteiger partial charge in [-0.3, -0.25) is 9.78 Å². The highest BCUT2D eigenvalue weighted by atomic mass is 32.1. The van der Waals surface area contributed by atoms with E-state index in [4.69, 9.17) is 0 Å². The molecule has 4 nitrogen and oxygen atoms in total. The van der Waals surface area contributed by atoms with Crippen molar-refractivity contribution >= 4 is 17.1 Å². The first-order valence-corrected chi connectivity index (χ1v) is 8.30. The van der Waals surface area contributed by atoms with Gasteiger partial charge in [-0.05, 0) is 24.3 Å². The van der Waals surface area contributed by atoms with Crippen LogP contribution in [0.4, 0.5) is 17.6 Å². The van der Waals surface area contributed by atoms with Crippen LogP contribution in [0.25, 0.3) is 10.6 Å². The van der Waals surface area contributed by atoms with Crippen LogP contribution in [0.3, 0.4) is 0 Å². The number of nitrogens with zero attached hydrogens (tertiary/aromatic N) is 3. The molecule has 9 heteroatoms. The van der Waals surface area contributed by atoms with Crippen LogP contribution in [0.1, 0.15) is 26.8 Å². The van der Waals surface area contributed by atoms with E-state index < -0.39 is 29.3 Å². The van der Waals surface area contributed by atoms with E-state index in [1.54, 1.807) is 12.1 Å². The Morgan fingerprint density at radius 3 is 2.44 bits per heavy atom. The molecule has 0 saturated carbocycles. The first-order chi connectivity index (χ1) is 12.8. The summed E-state index contributed by atoms with van der Waals surface area (Å²) < 4.78 is 51.7. The molecule has 0 aliphatic heterocycles. The van der Waals surface area contributed by atoms with Gasteiger partial charge < -0.3 is 0 Å². The van der Waals surface area contributed by atoms with Gasteiger partial charge in [0.25, 0.3) is 0 Å². The van der Waals surface area contributed by atoms with Crippen LogP contribution in [0, 0.1) is 17.1 Å². The topological polar surface area (TPSA) is 66.6 Å². The molecular formula is C18H9F4N3OS. The number of thiazole rings is 1. The van der Waals surface area contributed by atoms with E-state index in [2.05, 4.69) is 9.97 Å². The molecule has 136 valence electrons. The van der Waals surface area contributed by atoms with Gasteiger partial charge in [-0.2, -0.15) is 18.4 Å². The maximum Gasteiger partial charge on any atom is 0.417 e. The number of hydrogen-bond acceptors (Lipinski definition) is 5. The van der Waals surface area contributed by atoms with Crippen molar-refractivity contribution in [3.05, 3.63) is 70.7 Å². The maximum absolute atomic E-state index is 13.8. The maximum atomic E-state index is 13.8. The van der Waals surface area contributed by atoms with Gasteiger partial charge in [0.15, 0.2) is 11.7 Å². The minimum atomic E-state index is -4.57. The second-order valence-corrected chi connectivity index (χ2v) is 6.44. The van der Waals surface area contributed by atoms with E-state index >= 15 is 0 Å². The highest BCUT2D eigenvalue weighted by molar-refractivity contribution is 7.17. The van der Waals surface area contributed by atoms with E-state index in [0.29, 0.717) is 6.20 Å². The van der Waals surface area contributed by atoms with Crippen molar-refractivity contribution in [1.82, 2.24) is 9.97 Å². The lowest BCUT2D eigenvalue weighted by Gasteiger charge is -2.09. The van der Waals surface area contributed by atoms with Gasteiger partial charge in [0, 0.05) is 18.0 Å². The Labute approximate surface area is 154 Å². The Bertz CT molecular complexity index is 1020. The minimum Gasteiger partial charge on any atom is -0.291 e. The van der Waals surface area contributed by atoms with Crippen LogP contribution in [0.5, 0.6) is 0 Å². The van der Waals surface area contributed by atoms with E-state index in [1.165, 1.54) is 24.4 Å². The predicted octanol–water partition coefficient (Wildman–Crippen LogP) is 4.85. The standard InChI is InChI=1S/C18H9F4N3OS/c19-13-4-2-1-3-11(13)17-25-9-15(27-17)16(26)12(7-23)14-6-5-10(8-24-14)18(20,21)22/h1-6,8-9,12H. The average Bonchev–Trinajstić information content (AvgIpc) is 3.12. The molecule has 27 heavy (non-hydrogen) atoms. The SMILES string of the molecule is N#CC(C(=O)c1cnc(-c2ccccc2F)s1)c1ccc(C(F)(F)F)cn1. The second kappa shape index (κ2) is 7.25. The lowest BCUT2D eigenvalue weighted by molar-refractivity contribution is -0.137. The van der Waals surface area contributed by atoms with Crippen molar-refractivity contribution in [3.8, 4) is 16.6 Å². The normalized spacial score (nSPS) is 12.4. The Morgan fingerprint density at radius 1 is 1.11 bits per heavy atom. The molecule has 3 aromatic rings. The molecule has 0 aliphatic carbocycles. The lowest BCUT2D eigenvalue weighted by Crippen LogP contribution is -2.13. The van der Waals surface area contributed by atoms with Crippen LogP contribution in [-0.2, 0) is 6.18 Å². The van der Waals surface area contributed by atoms with Gasteiger partial charge in [0.05, 0.1) is 22.2 Å². The number of hydrogen-bond donors (Lipinski definition) is 0. The molecule has 1 atom stereocenters. The summed E-state index contributed by atoms with van der Waals surface area (Å²) in [6.45, 7) is 0.